The largest absolute Gasteiger partial charge is 0.515 e. The maximum Gasteiger partial charge on any atom is 0.396 e. The maximum absolute atomic E-state index is 14.2. The first-order valence-electron chi connectivity index (χ1n) is 10.1. The molecule has 0 amide bonds. The number of aliphatic hydroxyl groups is 1. The van der Waals surface area contributed by atoms with Gasteiger partial charge in [0.2, 0.25) is 0 Å². The minimum absolute atomic E-state index is 0.00731. The molecule has 0 aromatic rings. The van der Waals surface area contributed by atoms with Crippen LogP contribution in [-0.4, -0.2) is 17.1 Å². The molecular formula is C21H29F3O2. The number of halogens is 3. The Kier molecular flexibility index (Phi) is 4.06. The highest BCUT2D eigenvalue weighted by atomic mass is 19.4. The lowest BCUT2D eigenvalue weighted by Gasteiger charge is -2.62. The first-order chi connectivity index (χ1) is 12.1. The van der Waals surface area contributed by atoms with Crippen LogP contribution >= 0.6 is 0 Å². The Labute approximate surface area is 153 Å². The SMILES string of the molecule is C[C@@]12CCC[C@H]1[C@@H]1CC[C@H]3CC(=O)C(=CO)C(C(F)(F)F)[C@]3(C)[C@H]1CC2. The van der Waals surface area contributed by atoms with Gasteiger partial charge in [-0.1, -0.05) is 20.3 Å². The summed E-state index contributed by atoms with van der Waals surface area (Å²) in [5.41, 5.74) is -1.09. The minimum Gasteiger partial charge on any atom is -0.515 e. The van der Waals surface area contributed by atoms with Crippen LogP contribution in [0.4, 0.5) is 13.2 Å². The van der Waals surface area contributed by atoms with Crippen molar-refractivity contribution in [3.63, 3.8) is 0 Å². The van der Waals surface area contributed by atoms with Crippen LogP contribution < -0.4 is 0 Å². The third-order valence-electron chi connectivity index (χ3n) is 8.90. The standard InChI is InChI=1S/C21H29F3O2/c1-19-8-3-4-15(19)13-6-5-12-10-17(26)14(11-25)18(21(22,23)24)20(12,2)16(13)7-9-19/h11-13,15-16,18,25H,3-10H2,1-2H3/t12-,13-,15-,16-,18?,19-,20-/m0/s1. The van der Waals surface area contributed by atoms with E-state index in [9.17, 15) is 23.1 Å². The molecule has 0 heterocycles. The second-order valence-electron chi connectivity index (χ2n) is 9.79. The van der Waals surface area contributed by atoms with Crippen LogP contribution in [0, 0.1) is 40.4 Å². The number of carbonyl (C=O) groups excluding carboxylic acids is 1. The van der Waals surface area contributed by atoms with E-state index in [1.165, 1.54) is 12.8 Å². The van der Waals surface area contributed by atoms with Gasteiger partial charge in [0, 0.05) is 12.0 Å². The molecule has 4 fully saturated rings. The summed E-state index contributed by atoms with van der Waals surface area (Å²) >= 11 is 0. The highest BCUT2D eigenvalue weighted by molar-refractivity contribution is 5.97. The van der Waals surface area contributed by atoms with Gasteiger partial charge in [0.1, 0.15) is 0 Å². The van der Waals surface area contributed by atoms with E-state index in [0.29, 0.717) is 24.5 Å². The highest BCUT2D eigenvalue weighted by Gasteiger charge is 2.67. The number of allylic oxidation sites excluding steroid dienone is 1. The van der Waals surface area contributed by atoms with Crippen molar-refractivity contribution in [1.29, 1.82) is 0 Å². The molecule has 1 N–H and O–H groups in total. The van der Waals surface area contributed by atoms with E-state index in [-0.39, 0.29) is 23.7 Å². The molecule has 5 heteroatoms. The molecule has 0 spiro atoms. The van der Waals surface area contributed by atoms with E-state index < -0.39 is 28.9 Å². The van der Waals surface area contributed by atoms with Crippen LogP contribution in [0.2, 0.25) is 0 Å². The second kappa shape index (κ2) is 5.75. The number of aliphatic hydroxyl groups excluding tert-OH is 1. The van der Waals surface area contributed by atoms with Crippen molar-refractivity contribution in [3.05, 3.63) is 11.8 Å². The minimum atomic E-state index is -4.50. The molecule has 0 aliphatic heterocycles. The molecule has 4 aliphatic carbocycles. The normalized spacial score (nSPS) is 50.3. The molecule has 0 saturated heterocycles. The lowest BCUT2D eigenvalue weighted by molar-refractivity contribution is -0.237. The van der Waals surface area contributed by atoms with E-state index >= 15 is 0 Å². The average Bonchev–Trinajstić information content (AvgIpc) is 2.95. The number of Topliss-reactive ketones (excluding diaryl/α,β-unsaturated/α-hetero) is 1. The Hall–Kier alpha value is -1.00. The van der Waals surface area contributed by atoms with Gasteiger partial charge in [0.05, 0.1) is 12.2 Å². The Morgan fingerprint density at radius 3 is 2.46 bits per heavy atom. The van der Waals surface area contributed by atoms with E-state index in [2.05, 4.69) is 6.92 Å². The topological polar surface area (TPSA) is 37.3 Å². The van der Waals surface area contributed by atoms with Crippen molar-refractivity contribution in [2.45, 2.75) is 71.4 Å². The molecule has 26 heavy (non-hydrogen) atoms. The Bertz CT molecular complexity index is 640. The lowest BCUT2D eigenvalue weighted by Crippen LogP contribution is -2.60. The van der Waals surface area contributed by atoms with Gasteiger partial charge in [-0.25, -0.2) is 0 Å². The van der Waals surface area contributed by atoms with E-state index in [0.717, 1.165) is 25.7 Å². The maximum atomic E-state index is 14.2. The molecule has 2 nitrogen and oxygen atoms in total. The molecule has 4 aliphatic rings. The monoisotopic (exact) mass is 370 g/mol. The molecule has 0 aromatic heterocycles. The van der Waals surface area contributed by atoms with Crippen LogP contribution in [0.15, 0.2) is 11.8 Å². The molecule has 7 atom stereocenters. The number of fused-ring (bicyclic) bond motifs is 5. The summed E-state index contributed by atoms with van der Waals surface area (Å²) in [6.45, 7) is 4.11. The number of alkyl halides is 3. The number of hydrogen-bond donors (Lipinski definition) is 1. The molecule has 4 rings (SSSR count). The fraction of sp³-hybridized carbons (Fsp3) is 0.857. The lowest BCUT2D eigenvalue weighted by atomic mass is 9.42. The predicted octanol–water partition coefficient (Wildman–Crippen LogP) is 5.83. The van der Waals surface area contributed by atoms with E-state index in [1.54, 1.807) is 6.92 Å². The molecule has 4 saturated carbocycles. The average molecular weight is 370 g/mol. The molecule has 0 bridgehead atoms. The van der Waals surface area contributed by atoms with Gasteiger partial charge in [-0.05, 0) is 73.0 Å². The van der Waals surface area contributed by atoms with Gasteiger partial charge < -0.3 is 5.11 Å². The summed E-state index contributed by atoms with van der Waals surface area (Å²) in [5, 5.41) is 9.50. The van der Waals surface area contributed by atoms with Crippen LogP contribution in [0.5, 0.6) is 0 Å². The van der Waals surface area contributed by atoms with Gasteiger partial charge in [-0.2, -0.15) is 13.2 Å². The zero-order chi connectivity index (χ0) is 18.9. The third-order valence-corrected chi connectivity index (χ3v) is 8.90. The molecule has 0 aromatic carbocycles. The van der Waals surface area contributed by atoms with Gasteiger partial charge in [-0.15, -0.1) is 0 Å². The third kappa shape index (κ3) is 2.34. The quantitative estimate of drug-likeness (QED) is 0.430. The number of ketones is 1. The van der Waals surface area contributed by atoms with E-state index in [4.69, 9.17) is 0 Å². The molecule has 0 radical (unpaired) electrons. The van der Waals surface area contributed by atoms with Crippen LogP contribution in [0.1, 0.15) is 65.2 Å². The van der Waals surface area contributed by atoms with Gasteiger partial charge >= 0.3 is 6.18 Å². The van der Waals surface area contributed by atoms with Crippen LogP contribution in [0.3, 0.4) is 0 Å². The summed E-state index contributed by atoms with van der Waals surface area (Å²) in [4.78, 5) is 12.3. The van der Waals surface area contributed by atoms with Crippen LogP contribution in [-0.2, 0) is 4.79 Å². The fourth-order valence-electron chi connectivity index (χ4n) is 7.75. The number of rotatable bonds is 0. The molecular weight excluding hydrogens is 341 g/mol. The zero-order valence-electron chi connectivity index (χ0n) is 15.6. The Morgan fingerprint density at radius 1 is 1.08 bits per heavy atom. The number of carbonyl (C=O) groups is 1. The molecule has 146 valence electrons. The van der Waals surface area contributed by atoms with Crippen LogP contribution in [0.25, 0.3) is 0 Å². The smallest absolute Gasteiger partial charge is 0.396 e. The second-order valence-corrected chi connectivity index (χ2v) is 9.79. The first-order valence-corrected chi connectivity index (χ1v) is 10.1. The summed E-state index contributed by atoms with van der Waals surface area (Å²) in [5.74, 6) is -1.73. The van der Waals surface area contributed by atoms with Crippen molar-refractivity contribution in [2.75, 3.05) is 0 Å². The predicted molar refractivity (Wildman–Crippen MR) is 92.4 cm³/mol. The van der Waals surface area contributed by atoms with Crippen molar-refractivity contribution >= 4 is 5.78 Å². The summed E-state index contributed by atoms with van der Waals surface area (Å²) in [6, 6.07) is 0. The summed E-state index contributed by atoms with van der Waals surface area (Å²) in [7, 11) is 0. The highest BCUT2D eigenvalue weighted by Crippen LogP contribution is 2.69. The Morgan fingerprint density at radius 2 is 1.81 bits per heavy atom. The van der Waals surface area contributed by atoms with Crippen molar-refractivity contribution in [2.24, 2.45) is 40.4 Å². The Balaban J connectivity index is 1.79. The summed E-state index contributed by atoms with van der Waals surface area (Å²) < 4.78 is 42.5. The van der Waals surface area contributed by atoms with Gasteiger partial charge in [0.15, 0.2) is 5.78 Å². The molecule has 1 unspecified atom stereocenters. The summed E-state index contributed by atoms with van der Waals surface area (Å²) in [6.07, 6.45) is 3.11. The van der Waals surface area contributed by atoms with Crippen molar-refractivity contribution < 1.29 is 23.1 Å². The van der Waals surface area contributed by atoms with Gasteiger partial charge in [0.25, 0.3) is 0 Å². The first kappa shape index (κ1) is 18.4. The van der Waals surface area contributed by atoms with Crippen molar-refractivity contribution in [3.8, 4) is 0 Å². The number of hydrogen-bond acceptors (Lipinski definition) is 2. The zero-order valence-corrected chi connectivity index (χ0v) is 15.6. The van der Waals surface area contributed by atoms with E-state index in [1.807, 2.05) is 0 Å². The van der Waals surface area contributed by atoms with Crippen molar-refractivity contribution in [1.82, 2.24) is 0 Å². The van der Waals surface area contributed by atoms with Gasteiger partial charge in [-0.3, -0.25) is 4.79 Å². The fourth-order valence-corrected chi connectivity index (χ4v) is 7.75.